The van der Waals surface area contributed by atoms with Crippen molar-refractivity contribution in [3.8, 4) is 0 Å². The molecule has 0 radical (unpaired) electrons. The minimum atomic E-state index is -0.0676. The zero-order valence-electron chi connectivity index (χ0n) is 10.7. The van der Waals surface area contributed by atoms with Gasteiger partial charge in [0.05, 0.1) is 19.4 Å². The summed E-state index contributed by atoms with van der Waals surface area (Å²) in [7, 11) is 2.16. The van der Waals surface area contributed by atoms with E-state index in [0.717, 1.165) is 19.8 Å². The van der Waals surface area contributed by atoms with Crippen molar-refractivity contribution < 1.29 is 9.47 Å². The molecule has 2 heterocycles. The van der Waals surface area contributed by atoms with Crippen LogP contribution in [-0.4, -0.2) is 50.7 Å². The van der Waals surface area contributed by atoms with Crippen LogP contribution in [-0.2, 0) is 9.47 Å². The molecule has 4 nitrogen and oxygen atoms in total. The first kappa shape index (κ1) is 12.3. The normalized spacial score (nSPS) is 32.1. The summed E-state index contributed by atoms with van der Waals surface area (Å²) in [5.74, 6) is 0. The number of nitrogens with one attached hydrogen (secondary N) is 1. The summed E-state index contributed by atoms with van der Waals surface area (Å²) in [4.78, 5) is 2.35. The molecule has 0 spiro atoms. The Morgan fingerprint density at radius 1 is 1.31 bits per heavy atom. The van der Waals surface area contributed by atoms with E-state index in [0.29, 0.717) is 6.17 Å². The first-order valence-electron chi connectivity index (χ1n) is 6.24. The summed E-state index contributed by atoms with van der Waals surface area (Å²) >= 11 is 0. The molecule has 1 N–H and O–H groups in total. The molecule has 0 aromatic heterocycles. The number of nitrogens with zero attached hydrogens (tertiary/aromatic N) is 1. The van der Waals surface area contributed by atoms with Gasteiger partial charge in [0.2, 0.25) is 0 Å². The second-order valence-electron chi connectivity index (χ2n) is 5.76. The van der Waals surface area contributed by atoms with Gasteiger partial charge >= 0.3 is 0 Å². The Hall–Kier alpha value is -0.160. The molecule has 1 unspecified atom stereocenters. The zero-order valence-corrected chi connectivity index (χ0v) is 10.7. The molecule has 2 aliphatic rings. The fourth-order valence-corrected chi connectivity index (χ4v) is 2.25. The molecule has 16 heavy (non-hydrogen) atoms. The fraction of sp³-hybridized carbons (Fsp3) is 1.00. The van der Waals surface area contributed by atoms with Crippen molar-refractivity contribution in [2.45, 2.75) is 39.1 Å². The van der Waals surface area contributed by atoms with E-state index < -0.39 is 0 Å². The largest absolute Gasteiger partial charge is 0.351 e. The minimum absolute atomic E-state index is 0.0676. The van der Waals surface area contributed by atoms with Crippen LogP contribution < -0.4 is 5.32 Å². The van der Waals surface area contributed by atoms with Gasteiger partial charge in [0.15, 0.2) is 6.29 Å². The van der Waals surface area contributed by atoms with E-state index in [1.807, 2.05) is 0 Å². The molecule has 0 aromatic carbocycles. The third-order valence-electron chi connectivity index (χ3n) is 3.36. The second kappa shape index (κ2) is 5.00. The topological polar surface area (TPSA) is 33.7 Å². The lowest BCUT2D eigenvalue weighted by Gasteiger charge is -2.35. The lowest BCUT2D eigenvalue weighted by atomic mass is 9.96. The monoisotopic (exact) mass is 228 g/mol. The summed E-state index contributed by atoms with van der Waals surface area (Å²) in [5, 5.41) is 3.50. The molecule has 0 aromatic rings. The van der Waals surface area contributed by atoms with Gasteiger partial charge in [0.25, 0.3) is 0 Å². The molecule has 2 aliphatic heterocycles. The third-order valence-corrected chi connectivity index (χ3v) is 3.36. The highest BCUT2D eigenvalue weighted by atomic mass is 16.7. The standard InChI is InChI=1S/C12H24N2O2/c1-12(2)8-15-11(16-9-12)7-13-10-5-4-6-14(10)3/h10-11,13H,4-9H2,1-3H3. The number of hydrogen-bond donors (Lipinski definition) is 1. The predicted molar refractivity (Wildman–Crippen MR) is 63.1 cm³/mol. The Morgan fingerprint density at radius 2 is 2.00 bits per heavy atom. The minimum Gasteiger partial charge on any atom is -0.351 e. The van der Waals surface area contributed by atoms with Gasteiger partial charge in [-0.25, -0.2) is 0 Å². The molecule has 2 fully saturated rings. The Labute approximate surface area is 98.3 Å². The predicted octanol–water partition coefficient (Wildman–Crippen LogP) is 1.03. The Kier molecular flexibility index (Phi) is 3.85. The molecule has 0 amide bonds. The maximum Gasteiger partial charge on any atom is 0.169 e. The van der Waals surface area contributed by atoms with Crippen molar-refractivity contribution in [2.75, 3.05) is 33.4 Å². The molecule has 94 valence electrons. The molecule has 1 atom stereocenters. The zero-order chi connectivity index (χ0) is 11.6. The van der Waals surface area contributed by atoms with Gasteiger partial charge in [0.1, 0.15) is 0 Å². The molecular formula is C12H24N2O2. The number of rotatable bonds is 3. The molecule has 2 saturated heterocycles. The van der Waals surface area contributed by atoms with Crippen LogP contribution in [0.4, 0.5) is 0 Å². The van der Waals surface area contributed by atoms with Crippen LogP contribution in [0.1, 0.15) is 26.7 Å². The highest BCUT2D eigenvalue weighted by Crippen LogP contribution is 2.22. The summed E-state index contributed by atoms with van der Waals surface area (Å²) in [5.41, 5.74) is 0.167. The number of likely N-dealkylation sites (tertiary alicyclic amines) is 1. The van der Waals surface area contributed by atoms with Gasteiger partial charge in [-0.1, -0.05) is 13.8 Å². The average Bonchev–Trinajstić information content (AvgIpc) is 2.63. The average molecular weight is 228 g/mol. The van der Waals surface area contributed by atoms with Crippen molar-refractivity contribution in [3.63, 3.8) is 0 Å². The van der Waals surface area contributed by atoms with E-state index >= 15 is 0 Å². The highest BCUT2D eigenvalue weighted by molar-refractivity contribution is 4.76. The van der Waals surface area contributed by atoms with E-state index in [1.54, 1.807) is 0 Å². The quantitative estimate of drug-likeness (QED) is 0.782. The molecule has 0 saturated carbocycles. The fourth-order valence-electron chi connectivity index (χ4n) is 2.25. The summed E-state index contributed by atoms with van der Waals surface area (Å²) in [6, 6.07) is 0. The molecule has 4 heteroatoms. The molecule has 0 aliphatic carbocycles. The second-order valence-corrected chi connectivity index (χ2v) is 5.76. The third kappa shape index (κ3) is 3.17. The Morgan fingerprint density at radius 3 is 2.56 bits per heavy atom. The number of ether oxygens (including phenoxy) is 2. The van der Waals surface area contributed by atoms with Gasteiger partial charge in [-0.15, -0.1) is 0 Å². The highest BCUT2D eigenvalue weighted by Gasteiger charge is 2.29. The number of hydrogen-bond acceptors (Lipinski definition) is 4. The van der Waals surface area contributed by atoms with Crippen molar-refractivity contribution in [3.05, 3.63) is 0 Å². The lowest BCUT2D eigenvalue weighted by Crippen LogP contribution is -2.47. The van der Waals surface area contributed by atoms with Crippen molar-refractivity contribution in [1.82, 2.24) is 10.2 Å². The Bertz CT molecular complexity index is 223. The van der Waals surface area contributed by atoms with Gasteiger partial charge in [-0.05, 0) is 26.4 Å². The van der Waals surface area contributed by atoms with Crippen LogP contribution in [0, 0.1) is 5.41 Å². The lowest BCUT2D eigenvalue weighted by molar-refractivity contribution is -0.219. The molecular weight excluding hydrogens is 204 g/mol. The van der Waals surface area contributed by atoms with Crippen LogP contribution in [0.3, 0.4) is 0 Å². The van der Waals surface area contributed by atoms with Crippen LogP contribution >= 0.6 is 0 Å². The van der Waals surface area contributed by atoms with E-state index in [4.69, 9.17) is 9.47 Å². The smallest absolute Gasteiger partial charge is 0.169 e. The molecule has 0 bridgehead atoms. The SMILES string of the molecule is CN1CCCC1NCC1OCC(C)(C)CO1. The van der Waals surface area contributed by atoms with Crippen LogP contribution in [0.15, 0.2) is 0 Å². The van der Waals surface area contributed by atoms with E-state index in [-0.39, 0.29) is 11.7 Å². The van der Waals surface area contributed by atoms with E-state index in [1.165, 1.54) is 19.4 Å². The van der Waals surface area contributed by atoms with Crippen molar-refractivity contribution in [2.24, 2.45) is 5.41 Å². The van der Waals surface area contributed by atoms with E-state index in [2.05, 4.69) is 31.1 Å². The van der Waals surface area contributed by atoms with Gasteiger partial charge < -0.3 is 9.47 Å². The molecule has 2 rings (SSSR count). The maximum absolute atomic E-state index is 5.69. The van der Waals surface area contributed by atoms with Gasteiger partial charge in [-0.3, -0.25) is 10.2 Å². The maximum atomic E-state index is 5.69. The van der Waals surface area contributed by atoms with Crippen LogP contribution in [0.5, 0.6) is 0 Å². The van der Waals surface area contributed by atoms with Crippen molar-refractivity contribution in [1.29, 1.82) is 0 Å². The van der Waals surface area contributed by atoms with Crippen LogP contribution in [0.25, 0.3) is 0 Å². The van der Waals surface area contributed by atoms with Crippen molar-refractivity contribution >= 4 is 0 Å². The Balaban J connectivity index is 1.67. The van der Waals surface area contributed by atoms with Crippen LogP contribution in [0.2, 0.25) is 0 Å². The summed E-state index contributed by atoms with van der Waals surface area (Å²) in [6.45, 7) is 7.91. The first-order chi connectivity index (χ1) is 7.57. The summed E-state index contributed by atoms with van der Waals surface area (Å²) in [6.07, 6.45) is 2.95. The summed E-state index contributed by atoms with van der Waals surface area (Å²) < 4.78 is 11.4. The van der Waals surface area contributed by atoms with Gasteiger partial charge in [-0.2, -0.15) is 0 Å². The van der Waals surface area contributed by atoms with Gasteiger partial charge in [0, 0.05) is 12.0 Å². The first-order valence-corrected chi connectivity index (χ1v) is 6.24. The van der Waals surface area contributed by atoms with E-state index in [9.17, 15) is 0 Å².